The number of rotatable bonds is 8. The van der Waals surface area contributed by atoms with Gasteiger partial charge in [-0.05, 0) is 18.6 Å². The van der Waals surface area contributed by atoms with Crippen molar-refractivity contribution < 1.29 is 24.1 Å². The number of carbonyl (C=O) groups is 1. The Labute approximate surface area is 118 Å². The minimum absolute atomic E-state index is 0.0304. The van der Waals surface area contributed by atoms with E-state index in [0.717, 1.165) is 0 Å². The third kappa shape index (κ3) is 4.11. The lowest BCUT2D eigenvalue weighted by atomic mass is 10.1. The number of nitrogens with one attached hydrogen (secondary N) is 1. The molecule has 1 amide bonds. The summed E-state index contributed by atoms with van der Waals surface area (Å²) in [7, 11) is 4.53. The normalized spacial score (nSPS) is 11.8. The fraction of sp³-hybridized carbons (Fsp3) is 0.500. The van der Waals surface area contributed by atoms with Crippen LogP contribution in [-0.4, -0.2) is 51.6 Å². The van der Waals surface area contributed by atoms with E-state index in [1.807, 2.05) is 0 Å². The van der Waals surface area contributed by atoms with Crippen LogP contribution in [0.3, 0.4) is 0 Å². The van der Waals surface area contributed by atoms with Gasteiger partial charge in [-0.2, -0.15) is 0 Å². The maximum atomic E-state index is 12.4. The highest BCUT2D eigenvalue weighted by atomic mass is 16.5. The molecule has 2 N–H and O–H groups in total. The van der Waals surface area contributed by atoms with Crippen molar-refractivity contribution in [1.82, 2.24) is 5.32 Å². The van der Waals surface area contributed by atoms with E-state index < -0.39 is 0 Å². The second-order valence-electron chi connectivity index (χ2n) is 4.18. The van der Waals surface area contributed by atoms with Crippen LogP contribution in [0.4, 0.5) is 0 Å². The Hall–Kier alpha value is -1.79. The minimum atomic E-state index is -0.324. The first-order valence-electron chi connectivity index (χ1n) is 6.29. The Morgan fingerprint density at radius 2 is 1.85 bits per heavy atom. The van der Waals surface area contributed by atoms with Gasteiger partial charge in [0.05, 0.1) is 26.9 Å². The van der Waals surface area contributed by atoms with Crippen molar-refractivity contribution in [3.8, 4) is 11.5 Å². The van der Waals surface area contributed by atoms with Crippen molar-refractivity contribution in [2.75, 3.05) is 34.5 Å². The smallest absolute Gasteiger partial charge is 0.259 e. The van der Waals surface area contributed by atoms with Crippen LogP contribution in [0.25, 0.3) is 0 Å². The SMILES string of the molecule is COCC(CCO)NC(=O)c1c(OC)cccc1OC. The van der Waals surface area contributed by atoms with Crippen LogP contribution in [0.15, 0.2) is 18.2 Å². The number of aliphatic hydroxyl groups is 1. The molecule has 0 aromatic heterocycles. The first-order chi connectivity index (χ1) is 9.67. The van der Waals surface area contributed by atoms with E-state index in [1.165, 1.54) is 14.2 Å². The van der Waals surface area contributed by atoms with Gasteiger partial charge < -0.3 is 24.6 Å². The van der Waals surface area contributed by atoms with Crippen molar-refractivity contribution in [2.45, 2.75) is 12.5 Å². The van der Waals surface area contributed by atoms with Gasteiger partial charge in [-0.1, -0.05) is 6.07 Å². The van der Waals surface area contributed by atoms with Crippen molar-refractivity contribution in [2.24, 2.45) is 0 Å². The van der Waals surface area contributed by atoms with E-state index in [2.05, 4.69) is 5.32 Å². The molecule has 0 heterocycles. The summed E-state index contributed by atoms with van der Waals surface area (Å²) in [4.78, 5) is 12.4. The van der Waals surface area contributed by atoms with E-state index in [9.17, 15) is 4.79 Å². The van der Waals surface area contributed by atoms with Gasteiger partial charge in [0.1, 0.15) is 17.1 Å². The van der Waals surface area contributed by atoms with Crippen LogP contribution in [-0.2, 0) is 4.74 Å². The van der Waals surface area contributed by atoms with Crippen LogP contribution in [0, 0.1) is 0 Å². The molecule has 20 heavy (non-hydrogen) atoms. The highest BCUT2D eigenvalue weighted by Gasteiger charge is 2.20. The Bertz CT molecular complexity index is 407. The van der Waals surface area contributed by atoms with Crippen LogP contribution in [0.2, 0.25) is 0 Å². The van der Waals surface area contributed by atoms with Gasteiger partial charge in [-0.15, -0.1) is 0 Å². The Morgan fingerprint density at radius 3 is 2.30 bits per heavy atom. The fourth-order valence-electron chi connectivity index (χ4n) is 1.89. The number of amides is 1. The second-order valence-corrected chi connectivity index (χ2v) is 4.18. The maximum Gasteiger partial charge on any atom is 0.259 e. The highest BCUT2D eigenvalue weighted by molar-refractivity contribution is 5.99. The zero-order chi connectivity index (χ0) is 15.0. The number of hydrogen-bond donors (Lipinski definition) is 2. The molecule has 1 atom stereocenters. The molecule has 0 radical (unpaired) electrons. The zero-order valence-electron chi connectivity index (χ0n) is 12.0. The first-order valence-corrected chi connectivity index (χ1v) is 6.29. The third-order valence-corrected chi connectivity index (χ3v) is 2.84. The van der Waals surface area contributed by atoms with Crippen molar-refractivity contribution in [1.29, 1.82) is 0 Å². The minimum Gasteiger partial charge on any atom is -0.496 e. The molecule has 0 aliphatic heterocycles. The molecule has 0 saturated carbocycles. The molecule has 0 spiro atoms. The highest BCUT2D eigenvalue weighted by Crippen LogP contribution is 2.28. The van der Waals surface area contributed by atoms with Crippen molar-refractivity contribution >= 4 is 5.91 Å². The summed E-state index contributed by atoms with van der Waals surface area (Å²) in [5.41, 5.74) is 0.330. The lowest BCUT2D eigenvalue weighted by Gasteiger charge is -2.19. The molecule has 0 fully saturated rings. The van der Waals surface area contributed by atoms with Crippen LogP contribution in [0.1, 0.15) is 16.8 Å². The summed E-state index contributed by atoms with van der Waals surface area (Å²) in [6.45, 7) is 0.293. The largest absolute Gasteiger partial charge is 0.496 e. The summed E-state index contributed by atoms with van der Waals surface area (Å²) < 4.78 is 15.4. The van der Waals surface area contributed by atoms with E-state index in [0.29, 0.717) is 30.1 Å². The van der Waals surface area contributed by atoms with Gasteiger partial charge >= 0.3 is 0 Å². The molecular weight excluding hydrogens is 262 g/mol. The summed E-state index contributed by atoms with van der Waals surface area (Å²) in [6.07, 6.45) is 0.414. The van der Waals surface area contributed by atoms with E-state index >= 15 is 0 Å². The van der Waals surface area contributed by atoms with Crippen LogP contribution < -0.4 is 14.8 Å². The van der Waals surface area contributed by atoms with Gasteiger partial charge in [-0.3, -0.25) is 4.79 Å². The fourth-order valence-corrected chi connectivity index (χ4v) is 1.89. The summed E-state index contributed by atoms with van der Waals surface area (Å²) >= 11 is 0. The summed E-state index contributed by atoms with van der Waals surface area (Å²) in [6, 6.07) is 4.85. The van der Waals surface area contributed by atoms with Crippen LogP contribution in [0.5, 0.6) is 11.5 Å². The van der Waals surface area contributed by atoms with Crippen molar-refractivity contribution in [3.63, 3.8) is 0 Å². The van der Waals surface area contributed by atoms with E-state index in [1.54, 1.807) is 25.3 Å². The number of aliphatic hydroxyl groups excluding tert-OH is 1. The Balaban J connectivity index is 2.95. The number of ether oxygens (including phenoxy) is 3. The first kappa shape index (κ1) is 16.3. The van der Waals surface area contributed by atoms with Crippen molar-refractivity contribution in [3.05, 3.63) is 23.8 Å². The molecule has 0 bridgehead atoms. The topological polar surface area (TPSA) is 77.0 Å². The molecule has 6 heteroatoms. The van der Waals surface area contributed by atoms with Gasteiger partial charge in [0, 0.05) is 13.7 Å². The maximum absolute atomic E-state index is 12.4. The Kier molecular flexibility index (Phi) is 6.83. The molecule has 0 aliphatic rings. The van der Waals surface area contributed by atoms with E-state index in [-0.39, 0.29) is 18.6 Å². The van der Waals surface area contributed by atoms with Crippen LogP contribution >= 0.6 is 0 Å². The Morgan fingerprint density at radius 1 is 1.25 bits per heavy atom. The zero-order valence-corrected chi connectivity index (χ0v) is 12.0. The van der Waals surface area contributed by atoms with Gasteiger partial charge in [-0.25, -0.2) is 0 Å². The third-order valence-electron chi connectivity index (χ3n) is 2.84. The number of benzene rings is 1. The predicted molar refractivity (Wildman–Crippen MR) is 74.4 cm³/mol. The second kappa shape index (κ2) is 8.39. The quantitative estimate of drug-likeness (QED) is 0.739. The molecule has 1 unspecified atom stereocenters. The average Bonchev–Trinajstić information content (AvgIpc) is 2.46. The number of carbonyl (C=O) groups excluding carboxylic acids is 1. The number of hydrogen-bond acceptors (Lipinski definition) is 5. The molecular formula is C14H21NO5. The molecule has 6 nitrogen and oxygen atoms in total. The monoisotopic (exact) mass is 283 g/mol. The molecule has 1 aromatic carbocycles. The van der Waals surface area contributed by atoms with Gasteiger partial charge in [0.2, 0.25) is 0 Å². The summed E-state index contributed by atoms with van der Waals surface area (Å²) in [5.74, 6) is 0.541. The molecule has 1 rings (SSSR count). The lowest BCUT2D eigenvalue weighted by molar-refractivity contribution is 0.0872. The van der Waals surface area contributed by atoms with Gasteiger partial charge in [0.15, 0.2) is 0 Å². The molecule has 0 saturated heterocycles. The number of methoxy groups -OCH3 is 3. The molecule has 112 valence electrons. The summed E-state index contributed by atoms with van der Waals surface area (Å²) in [5, 5.41) is 11.8. The van der Waals surface area contributed by atoms with Gasteiger partial charge in [0.25, 0.3) is 5.91 Å². The molecule has 1 aromatic rings. The standard InChI is InChI=1S/C14H21NO5/c1-18-9-10(7-8-16)15-14(17)13-11(19-2)5-4-6-12(13)20-3/h4-6,10,16H,7-9H2,1-3H3,(H,15,17). The predicted octanol–water partition coefficient (Wildman–Crippen LogP) is 0.831. The lowest BCUT2D eigenvalue weighted by Crippen LogP contribution is -2.39. The molecule has 0 aliphatic carbocycles. The average molecular weight is 283 g/mol. The van der Waals surface area contributed by atoms with E-state index in [4.69, 9.17) is 19.3 Å².